The van der Waals surface area contributed by atoms with E-state index in [0.717, 1.165) is 53.1 Å². The molecule has 2 fully saturated rings. The van der Waals surface area contributed by atoms with Crippen molar-refractivity contribution in [1.29, 1.82) is 5.26 Å². The molecule has 2 aliphatic rings. The molecule has 284 valence electrons. The minimum Gasteiger partial charge on any atom is -0.371 e. The third-order valence-electron chi connectivity index (χ3n) is 10.3. The van der Waals surface area contributed by atoms with Crippen LogP contribution in [0.1, 0.15) is 35.1 Å². The smallest absolute Gasteiger partial charge is 0.267 e. The fraction of sp³-hybridized carbons (Fsp3) is 0.205. The summed E-state index contributed by atoms with van der Waals surface area (Å²) in [6, 6.07) is 33.5. The van der Waals surface area contributed by atoms with E-state index in [1.807, 2.05) is 41.3 Å². The van der Waals surface area contributed by atoms with Crippen molar-refractivity contribution in [2.75, 3.05) is 36.4 Å². The van der Waals surface area contributed by atoms with E-state index in [1.54, 1.807) is 48.7 Å². The van der Waals surface area contributed by atoms with Crippen LogP contribution in [0.5, 0.6) is 0 Å². The Balaban J connectivity index is 0.889. The average Bonchev–Trinajstić information content (AvgIpc) is 3.24. The number of amides is 2. The highest BCUT2D eigenvalue weighted by molar-refractivity contribution is 6.01. The number of benzene rings is 4. The molecule has 4 aromatic carbocycles. The number of aromatic nitrogens is 4. The number of carbonyl (C=O) groups is 2. The van der Waals surface area contributed by atoms with Crippen LogP contribution < -0.4 is 21.1 Å². The number of nitriles is 1. The van der Waals surface area contributed by atoms with E-state index in [4.69, 9.17) is 4.98 Å². The van der Waals surface area contributed by atoms with Crippen molar-refractivity contribution in [2.45, 2.75) is 31.8 Å². The summed E-state index contributed by atoms with van der Waals surface area (Å²) in [5.74, 6) is -0.570. The lowest BCUT2D eigenvalue weighted by Gasteiger charge is -2.36. The molecule has 0 spiro atoms. The highest BCUT2D eigenvalue weighted by Gasteiger charge is 2.28. The Kier molecular flexibility index (Phi) is 10.6. The molecule has 57 heavy (non-hydrogen) atoms. The number of H-pyrrole nitrogens is 1. The Labute approximate surface area is 328 Å². The summed E-state index contributed by atoms with van der Waals surface area (Å²) in [6.45, 7) is 3.57. The van der Waals surface area contributed by atoms with Gasteiger partial charge in [-0.2, -0.15) is 10.4 Å². The fourth-order valence-electron chi connectivity index (χ4n) is 7.25. The van der Waals surface area contributed by atoms with Crippen molar-refractivity contribution in [3.8, 4) is 40.0 Å². The molecule has 2 saturated heterocycles. The lowest BCUT2D eigenvalue weighted by molar-refractivity contribution is -0.133. The summed E-state index contributed by atoms with van der Waals surface area (Å²) in [5.41, 5.74) is 7.52. The molecule has 8 rings (SSSR count). The molecular formula is C44H38FN9O3. The Bertz CT molecular complexity index is 2560. The number of hydrogen-bond acceptors (Lipinski definition) is 10. The van der Waals surface area contributed by atoms with Gasteiger partial charge in [-0.25, -0.2) is 19.5 Å². The van der Waals surface area contributed by atoms with E-state index in [0.29, 0.717) is 54.3 Å². The molecule has 2 aliphatic heterocycles. The Morgan fingerprint density at radius 2 is 1.61 bits per heavy atom. The minimum atomic E-state index is -0.653. The van der Waals surface area contributed by atoms with Gasteiger partial charge in [-0.3, -0.25) is 24.6 Å². The van der Waals surface area contributed by atoms with Crippen LogP contribution >= 0.6 is 0 Å². The largest absolute Gasteiger partial charge is 0.371 e. The van der Waals surface area contributed by atoms with Crippen molar-refractivity contribution >= 4 is 23.2 Å². The predicted molar refractivity (Wildman–Crippen MR) is 214 cm³/mol. The molecule has 2 aromatic heterocycles. The molecule has 13 heteroatoms. The minimum absolute atomic E-state index is 0.220. The standard InChI is InChI=1S/C44H38FN9O3/c45-41-36(48-37-14-15-40(55)50-44(37)57)8-3-9-39(41)54-20-18-53(19-21-54)27-28-10-12-31(13-11-28)35-16-17-47-42(49-35)33-7-1-4-29(22-33)23-34-25-38(51-52-43(34)56)32-6-2-5-30(24-32)26-46/h1-13,16-17,22,24-25,37,48H,14-15,18-21,23,27H2,(H,52,56)(H,50,55,57). The highest BCUT2D eigenvalue weighted by atomic mass is 19.1. The maximum Gasteiger partial charge on any atom is 0.267 e. The molecule has 3 N–H and O–H groups in total. The molecule has 1 unspecified atom stereocenters. The van der Waals surface area contributed by atoms with E-state index in [9.17, 15) is 19.6 Å². The van der Waals surface area contributed by atoms with E-state index >= 15 is 4.39 Å². The van der Waals surface area contributed by atoms with Gasteiger partial charge in [-0.1, -0.05) is 60.7 Å². The first kappa shape index (κ1) is 36.9. The van der Waals surface area contributed by atoms with Gasteiger partial charge in [-0.15, -0.1) is 0 Å². The van der Waals surface area contributed by atoms with Gasteiger partial charge in [0, 0.05) is 74.0 Å². The maximum atomic E-state index is 15.6. The molecule has 2 amide bonds. The van der Waals surface area contributed by atoms with E-state index < -0.39 is 17.8 Å². The van der Waals surface area contributed by atoms with Crippen LogP contribution in [-0.2, 0) is 22.6 Å². The molecular weight excluding hydrogens is 722 g/mol. The Hall–Kier alpha value is -7.04. The van der Waals surface area contributed by atoms with Crippen LogP contribution in [0.4, 0.5) is 15.8 Å². The van der Waals surface area contributed by atoms with Crippen LogP contribution in [-0.4, -0.2) is 69.1 Å². The zero-order valence-corrected chi connectivity index (χ0v) is 30.9. The lowest BCUT2D eigenvalue weighted by atomic mass is 10.0. The number of aromatic amines is 1. The van der Waals surface area contributed by atoms with Crippen molar-refractivity contribution < 1.29 is 14.0 Å². The van der Waals surface area contributed by atoms with Crippen molar-refractivity contribution in [2.24, 2.45) is 0 Å². The van der Waals surface area contributed by atoms with E-state index in [1.165, 1.54) is 0 Å². The molecule has 0 bridgehead atoms. The first-order valence-corrected chi connectivity index (χ1v) is 18.8. The quantitative estimate of drug-likeness (QED) is 0.148. The van der Waals surface area contributed by atoms with Crippen LogP contribution in [0, 0.1) is 17.1 Å². The number of piperidine rings is 1. The maximum absolute atomic E-state index is 15.6. The number of carbonyl (C=O) groups excluding carboxylic acids is 2. The average molecular weight is 760 g/mol. The summed E-state index contributed by atoms with van der Waals surface area (Å²) < 4.78 is 15.6. The van der Waals surface area contributed by atoms with Crippen LogP contribution in [0.2, 0.25) is 0 Å². The number of nitrogens with one attached hydrogen (secondary N) is 3. The van der Waals surface area contributed by atoms with Crippen molar-refractivity contribution in [3.05, 3.63) is 148 Å². The summed E-state index contributed by atoms with van der Waals surface area (Å²) in [5, 5.41) is 21.4. The normalized spacial score (nSPS) is 15.9. The van der Waals surface area contributed by atoms with Crippen LogP contribution in [0.25, 0.3) is 33.9 Å². The third kappa shape index (κ3) is 8.46. The topological polar surface area (TPSA) is 160 Å². The number of anilines is 2. The number of halogens is 1. The second-order valence-electron chi connectivity index (χ2n) is 14.2. The van der Waals surface area contributed by atoms with Gasteiger partial charge in [0.1, 0.15) is 6.04 Å². The lowest BCUT2D eigenvalue weighted by Crippen LogP contribution is -2.47. The molecule has 0 saturated carbocycles. The first-order chi connectivity index (χ1) is 27.8. The van der Waals surface area contributed by atoms with E-state index in [2.05, 4.69) is 61.0 Å². The molecule has 1 atom stereocenters. The van der Waals surface area contributed by atoms with Gasteiger partial charge < -0.3 is 10.2 Å². The number of nitrogens with zero attached hydrogens (tertiary/aromatic N) is 6. The summed E-state index contributed by atoms with van der Waals surface area (Å²) in [7, 11) is 0. The summed E-state index contributed by atoms with van der Waals surface area (Å²) in [6.07, 6.45) is 2.67. The van der Waals surface area contributed by atoms with Crippen molar-refractivity contribution in [3.63, 3.8) is 0 Å². The van der Waals surface area contributed by atoms with Crippen molar-refractivity contribution in [1.82, 2.24) is 30.4 Å². The van der Waals surface area contributed by atoms with Gasteiger partial charge in [0.15, 0.2) is 11.6 Å². The summed E-state index contributed by atoms with van der Waals surface area (Å²) in [4.78, 5) is 50.3. The molecule has 4 heterocycles. The number of piperazine rings is 1. The zero-order valence-electron chi connectivity index (χ0n) is 30.9. The zero-order chi connectivity index (χ0) is 39.3. The fourth-order valence-corrected chi connectivity index (χ4v) is 7.25. The number of hydrogen-bond donors (Lipinski definition) is 3. The van der Waals surface area contributed by atoms with Gasteiger partial charge in [0.05, 0.1) is 34.4 Å². The molecule has 0 aliphatic carbocycles. The second-order valence-corrected chi connectivity index (χ2v) is 14.2. The number of imide groups is 1. The van der Waals surface area contributed by atoms with Gasteiger partial charge >= 0.3 is 0 Å². The highest BCUT2D eigenvalue weighted by Crippen LogP contribution is 2.29. The Morgan fingerprint density at radius 1 is 0.825 bits per heavy atom. The first-order valence-electron chi connectivity index (χ1n) is 18.8. The molecule has 12 nitrogen and oxygen atoms in total. The summed E-state index contributed by atoms with van der Waals surface area (Å²) >= 11 is 0. The predicted octanol–water partition coefficient (Wildman–Crippen LogP) is 5.70. The molecule has 6 aromatic rings. The second kappa shape index (κ2) is 16.4. The van der Waals surface area contributed by atoms with Crippen LogP contribution in [0.15, 0.2) is 114 Å². The number of rotatable bonds is 10. The van der Waals surface area contributed by atoms with Gasteiger partial charge in [0.2, 0.25) is 11.8 Å². The van der Waals surface area contributed by atoms with E-state index in [-0.39, 0.29) is 23.6 Å². The van der Waals surface area contributed by atoms with Gasteiger partial charge in [0.25, 0.3) is 5.56 Å². The third-order valence-corrected chi connectivity index (χ3v) is 10.3. The van der Waals surface area contributed by atoms with Crippen LogP contribution in [0.3, 0.4) is 0 Å². The molecule has 0 radical (unpaired) electrons. The monoisotopic (exact) mass is 759 g/mol. The Morgan fingerprint density at radius 3 is 2.42 bits per heavy atom. The SMILES string of the molecule is N#Cc1cccc(-c2cc(Cc3cccc(-c4nccc(-c5ccc(CN6CCN(c7cccc(NC8CCC(=O)NC8=O)c7F)CC6)cc5)n4)c3)c(=O)[nH]n2)c1. The van der Waals surface area contributed by atoms with Gasteiger partial charge in [-0.05, 0) is 60.0 Å².